The van der Waals surface area contributed by atoms with Crippen LogP contribution in [0.4, 0.5) is 11.4 Å². The first-order chi connectivity index (χ1) is 9.16. The number of carbonyl (C=O) groups excluding carboxylic acids is 1. The third kappa shape index (κ3) is 3.69. The second-order valence-corrected chi connectivity index (χ2v) is 4.45. The molecule has 0 saturated heterocycles. The molecule has 0 fully saturated rings. The molecule has 0 aliphatic heterocycles. The lowest BCUT2D eigenvalue weighted by Crippen LogP contribution is -2.10. The lowest BCUT2D eigenvalue weighted by molar-refractivity contribution is -0.114. The fourth-order valence-electron chi connectivity index (χ4n) is 1.70. The van der Waals surface area contributed by atoms with Gasteiger partial charge in [0.25, 0.3) is 0 Å². The summed E-state index contributed by atoms with van der Waals surface area (Å²) in [4.78, 5) is 15.2. The van der Waals surface area contributed by atoms with Gasteiger partial charge in [-0.1, -0.05) is 17.7 Å². The third-order valence-electron chi connectivity index (χ3n) is 2.56. The summed E-state index contributed by atoms with van der Waals surface area (Å²) in [6.07, 6.45) is 3.44. The first-order valence-corrected chi connectivity index (χ1v) is 6.23. The van der Waals surface area contributed by atoms with E-state index in [1.165, 1.54) is 6.92 Å². The predicted octanol–water partition coefficient (Wildman–Crippen LogP) is 3.31. The van der Waals surface area contributed by atoms with Gasteiger partial charge in [-0.15, -0.1) is 0 Å². The maximum absolute atomic E-state index is 11.2. The molecule has 4 nitrogen and oxygen atoms in total. The van der Waals surface area contributed by atoms with E-state index in [9.17, 15) is 4.79 Å². The molecule has 98 valence electrons. The fourth-order valence-corrected chi connectivity index (χ4v) is 1.94. The summed E-state index contributed by atoms with van der Waals surface area (Å²) in [5.74, 6) is -0.120. The van der Waals surface area contributed by atoms with Crippen LogP contribution in [0, 0.1) is 0 Å². The lowest BCUT2D eigenvalue weighted by Gasteiger charge is -2.13. The summed E-state index contributed by atoms with van der Waals surface area (Å²) < 4.78 is 0. The van der Waals surface area contributed by atoms with Gasteiger partial charge in [0.2, 0.25) is 5.91 Å². The van der Waals surface area contributed by atoms with Crippen molar-refractivity contribution in [3.63, 3.8) is 0 Å². The molecular weight excluding hydrogens is 262 g/mol. The zero-order chi connectivity index (χ0) is 13.7. The van der Waals surface area contributed by atoms with Gasteiger partial charge in [-0.25, -0.2) is 0 Å². The Labute approximate surface area is 116 Å². The van der Waals surface area contributed by atoms with E-state index in [0.717, 1.165) is 16.9 Å². The van der Waals surface area contributed by atoms with E-state index >= 15 is 0 Å². The van der Waals surface area contributed by atoms with Crippen molar-refractivity contribution in [1.29, 1.82) is 0 Å². The standard InChI is InChI=1S/C14H14ClN3O/c1-10(19)18-14-6-2-5-13(15)12(14)9-17-11-4-3-7-16-8-11/h2-8,17H,9H2,1H3,(H,18,19). The fraction of sp³-hybridized carbons (Fsp3) is 0.143. The van der Waals surface area contributed by atoms with Crippen LogP contribution in [0.3, 0.4) is 0 Å². The molecule has 0 aliphatic rings. The number of aromatic nitrogens is 1. The van der Waals surface area contributed by atoms with E-state index in [4.69, 9.17) is 11.6 Å². The summed E-state index contributed by atoms with van der Waals surface area (Å²) in [6.45, 7) is 1.99. The Morgan fingerprint density at radius 1 is 1.32 bits per heavy atom. The Bertz CT molecular complexity index is 572. The molecule has 2 N–H and O–H groups in total. The van der Waals surface area contributed by atoms with Gasteiger partial charge in [0.05, 0.1) is 5.69 Å². The summed E-state index contributed by atoms with van der Waals surface area (Å²) in [5, 5.41) is 6.60. The predicted molar refractivity (Wildman–Crippen MR) is 77.3 cm³/mol. The molecule has 0 radical (unpaired) electrons. The third-order valence-corrected chi connectivity index (χ3v) is 2.91. The quantitative estimate of drug-likeness (QED) is 0.900. The number of hydrogen-bond donors (Lipinski definition) is 2. The largest absolute Gasteiger partial charge is 0.380 e. The molecule has 0 saturated carbocycles. The van der Waals surface area contributed by atoms with Crippen molar-refractivity contribution >= 4 is 28.9 Å². The number of amides is 1. The van der Waals surface area contributed by atoms with Crippen molar-refractivity contribution in [2.45, 2.75) is 13.5 Å². The van der Waals surface area contributed by atoms with E-state index in [0.29, 0.717) is 11.6 Å². The minimum atomic E-state index is -0.120. The van der Waals surface area contributed by atoms with Gasteiger partial charge < -0.3 is 10.6 Å². The van der Waals surface area contributed by atoms with Gasteiger partial charge in [0.15, 0.2) is 0 Å². The molecule has 19 heavy (non-hydrogen) atoms. The van der Waals surface area contributed by atoms with Gasteiger partial charge in [-0.2, -0.15) is 0 Å². The minimum Gasteiger partial charge on any atom is -0.380 e. The van der Waals surface area contributed by atoms with E-state index in [1.54, 1.807) is 24.5 Å². The maximum Gasteiger partial charge on any atom is 0.221 e. The van der Waals surface area contributed by atoms with Crippen LogP contribution in [-0.2, 0) is 11.3 Å². The van der Waals surface area contributed by atoms with Gasteiger partial charge in [0.1, 0.15) is 0 Å². The van der Waals surface area contributed by atoms with Gasteiger partial charge in [-0.05, 0) is 24.3 Å². The van der Waals surface area contributed by atoms with Gasteiger partial charge in [0, 0.05) is 42.1 Å². The van der Waals surface area contributed by atoms with Crippen LogP contribution >= 0.6 is 11.6 Å². The highest BCUT2D eigenvalue weighted by Gasteiger charge is 2.08. The number of pyridine rings is 1. The molecule has 0 spiro atoms. The van der Waals surface area contributed by atoms with E-state index in [-0.39, 0.29) is 5.91 Å². The number of nitrogens with zero attached hydrogens (tertiary/aromatic N) is 1. The molecule has 0 atom stereocenters. The molecule has 2 aromatic rings. The Morgan fingerprint density at radius 2 is 2.16 bits per heavy atom. The minimum absolute atomic E-state index is 0.120. The molecule has 1 amide bonds. The average molecular weight is 276 g/mol. The van der Waals surface area contributed by atoms with Crippen LogP contribution in [0.15, 0.2) is 42.7 Å². The first kappa shape index (κ1) is 13.4. The molecule has 5 heteroatoms. The first-order valence-electron chi connectivity index (χ1n) is 5.85. The van der Waals surface area contributed by atoms with Crippen LogP contribution in [0.1, 0.15) is 12.5 Å². The summed E-state index contributed by atoms with van der Waals surface area (Å²) in [7, 11) is 0. The number of rotatable bonds is 4. The number of nitrogens with one attached hydrogen (secondary N) is 2. The van der Waals surface area contributed by atoms with Crippen LogP contribution in [0.5, 0.6) is 0 Å². The molecular formula is C14H14ClN3O. The summed E-state index contributed by atoms with van der Waals surface area (Å²) in [5.41, 5.74) is 2.47. The van der Waals surface area contributed by atoms with Gasteiger partial charge >= 0.3 is 0 Å². The monoisotopic (exact) mass is 275 g/mol. The van der Waals surface area contributed by atoms with Gasteiger partial charge in [-0.3, -0.25) is 9.78 Å². The zero-order valence-corrected chi connectivity index (χ0v) is 11.2. The van der Waals surface area contributed by atoms with Crippen LogP contribution in [0.2, 0.25) is 5.02 Å². The molecule has 1 aromatic carbocycles. The highest BCUT2D eigenvalue weighted by atomic mass is 35.5. The Morgan fingerprint density at radius 3 is 2.84 bits per heavy atom. The number of hydrogen-bond acceptors (Lipinski definition) is 3. The van der Waals surface area contributed by atoms with E-state index in [1.807, 2.05) is 18.2 Å². The van der Waals surface area contributed by atoms with Crippen LogP contribution in [0.25, 0.3) is 0 Å². The van der Waals surface area contributed by atoms with Crippen molar-refractivity contribution in [3.8, 4) is 0 Å². The zero-order valence-electron chi connectivity index (χ0n) is 10.5. The van der Waals surface area contributed by atoms with Crippen molar-refractivity contribution in [2.24, 2.45) is 0 Å². The Balaban J connectivity index is 2.17. The average Bonchev–Trinajstić information content (AvgIpc) is 2.38. The number of benzene rings is 1. The second kappa shape index (κ2) is 6.20. The van der Waals surface area contributed by atoms with E-state index in [2.05, 4.69) is 15.6 Å². The van der Waals surface area contributed by atoms with Crippen molar-refractivity contribution in [2.75, 3.05) is 10.6 Å². The number of halogens is 1. The highest BCUT2D eigenvalue weighted by molar-refractivity contribution is 6.31. The molecule has 0 bridgehead atoms. The highest BCUT2D eigenvalue weighted by Crippen LogP contribution is 2.25. The number of carbonyl (C=O) groups is 1. The van der Waals surface area contributed by atoms with Crippen LogP contribution in [-0.4, -0.2) is 10.9 Å². The van der Waals surface area contributed by atoms with Crippen molar-refractivity contribution in [3.05, 3.63) is 53.3 Å². The Kier molecular flexibility index (Phi) is 4.36. The molecule has 1 heterocycles. The Hall–Kier alpha value is -2.07. The van der Waals surface area contributed by atoms with E-state index < -0.39 is 0 Å². The molecule has 1 aromatic heterocycles. The molecule has 0 aliphatic carbocycles. The normalized spacial score (nSPS) is 10.0. The molecule has 0 unspecified atom stereocenters. The second-order valence-electron chi connectivity index (χ2n) is 4.04. The smallest absolute Gasteiger partial charge is 0.221 e. The summed E-state index contributed by atoms with van der Waals surface area (Å²) in [6, 6.07) is 9.20. The lowest BCUT2D eigenvalue weighted by atomic mass is 10.1. The maximum atomic E-state index is 11.2. The number of anilines is 2. The summed E-state index contributed by atoms with van der Waals surface area (Å²) >= 11 is 6.17. The molecule has 2 rings (SSSR count). The van der Waals surface area contributed by atoms with Crippen molar-refractivity contribution < 1.29 is 4.79 Å². The van der Waals surface area contributed by atoms with Crippen molar-refractivity contribution in [1.82, 2.24) is 4.98 Å². The topological polar surface area (TPSA) is 54.0 Å². The van der Waals surface area contributed by atoms with Crippen LogP contribution < -0.4 is 10.6 Å². The SMILES string of the molecule is CC(=O)Nc1cccc(Cl)c1CNc1cccnc1.